The van der Waals surface area contributed by atoms with Gasteiger partial charge in [0.05, 0.1) is 6.61 Å². The van der Waals surface area contributed by atoms with Gasteiger partial charge in [0.25, 0.3) is 0 Å². The molecule has 1 unspecified atom stereocenters. The number of para-hydroxylation sites is 1. The van der Waals surface area contributed by atoms with Crippen molar-refractivity contribution in [2.24, 2.45) is 5.73 Å². The Bertz CT molecular complexity index is 874. The highest BCUT2D eigenvalue weighted by atomic mass is 19.1. The Labute approximate surface area is 180 Å². The first kappa shape index (κ1) is 23.6. The summed E-state index contributed by atoms with van der Waals surface area (Å²) < 4.78 is 19.2. The van der Waals surface area contributed by atoms with E-state index in [1.165, 1.54) is 6.07 Å². The highest BCUT2D eigenvalue weighted by Crippen LogP contribution is 2.24. The molecule has 0 aliphatic carbocycles. The smallest absolute Gasteiger partial charge is 0.126 e. The Morgan fingerprint density at radius 1 is 1.23 bits per heavy atom. The minimum absolute atomic E-state index is 0.0772. The van der Waals surface area contributed by atoms with Gasteiger partial charge in [0.2, 0.25) is 0 Å². The van der Waals surface area contributed by atoms with E-state index in [2.05, 4.69) is 30.5 Å². The van der Waals surface area contributed by atoms with Crippen molar-refractivity contribution >= 4 is 11.3 Å². The molecule has 2 rings (SSSR count). The molecule has 0 amide bonds. The fraction of sp³-hybridized carbons (Fsp3) is 0.308. The van der Waals surface area contributed by atoms with E-state index >= 15 is 0 Å². The summed E-state index contributed by atoms with van der Waals surface area (Å²) in [6.45, 7) is 9.01. The first-order valence-corrected chi connectivity index (χ1v) is 10.4. The first-order valence-electron chi connectivity index (χ1n) is 10.4. The Kier molecular flexibility index (Phi) is 9.52. The van der Waals surface area contributed by atoms with Crippen molar-refractivity contribution in [3.05, 3.63) is 96.0 Å². The largest absolute Gasteiger partial charge is 0.380 e. The van der Waals surface area contributed by atoms with Gasteiger partial charge < -0.3 is 15.4 Å². The molecular weight excluding hydrogens is 375 g/mol. The normalized spacial score (nSPS) is 13.2. The van der Waals surface area contributed by atoms with Crippen LogP contribution in [0.2, 0.25) is 0 Å². The zero-order valence-corrected chi connectivity index (χ0v) is 18.3. The lowest BCUT2D eigenvalue weighted by molar-refractivity contribution is 0.228. The highest BCUT2D eigenvalue weighted by molar-refractivity contribution is 5.78. The maximum atomic E-state index is 13.7. The molecule has 0 fully saturated rings. The van der Waals surface area contributed by atoms with Gasteiger partial charge in [-0.1, -0.05) is 50.3 Å². The van der Waals surface area contributed by atoms with Gasteiger partial charge in [-0.15, -0.1) is 0 Å². The monoisotopic (exact) mass is 408 g/mol. The molecule has 0 aliphatic heterocycles. The molecule has 1 atom stereocenters. The van der Waals surface area contributed by atoms with Gasteiger partial charge in [0.1, 0.15) is 5.82 Å². The highest BCUT2D eigenvalue weighted by Gasteiger charge is 2.11. The van der Waals surface area contributed by atoms with E-state index in [9.17, 15) is 4.39 Å². The molecule has 160 valence electrons. The second-order valence-corrected chi connectivity index (χ2v) is 7.39. The van der Waals surface area contributed by atoms with Crippen LogP contribution in [-0.4, -0.2) is 26.3 Å². The molecule has 0 aromatic heterocycles. The summed E-state index contributed by atoms with van der Waals surface area (Å²) in [5.41, 5.74) is 10.8. The molecule has 4 heteroatoms. The van der Waals surface area contributed by atoms with Gasteiger partial charge in [0.15, 0.2) is 0 Å². The van der Waals surface area contributed by atoms with E-state index in [4.69, 9.17) is 10.5 Å². The summed E-state index contributed by atoms with van der Waals surface area (Å²) in [6, 6.07) is 15.3. The molecule has 0 aliphatic rings. The summed E-state index contributed by atoms with van der Waals surface area (Å²) in [7, 11) is 1.66. The van der Waals surface area contributed by atoms with E-state index in [1.807, 2.05) is 36.5 Å². The van der Waals surface area contributed by atoms with E-state index in [1.54, 1.807) is 26.2 Å². The number of ether oxygens (including phenoxy) is 1. The average Bonchev–Trinajstić information content (AvgIpc) is 2.74. The van der Waals surface area contributed by atoms with Crippen molar-refractivity contribution in [1.29, 1.82) is 0 Å². The lowest BCUT2D eigenvalue weighted by Crippen LogP contribution is -2.34. The second-order valence-electron chi connectivity index (χ2n) is 7.39. The predicted molar refractivity (Wildman–Crippen MR) is 126 cm³/mol. The van der Waals surface area contributed by atoms with E-state index < -0.39 is 0 Å². The number of hydrogen-bond donors (Lipinski definition) is 1. The molecule has 0 bridgehead atoms. The zero-order chi connectivity index (χ0) is 21.9. The van der Waals surface area contributed by atoms with Crippen LogP contribution in [0.1, 0.15) is 30.9 Å². The Balaban J connectivity index is 2.43. The summed E-state index contributed by atoms with van der Waals surface area (Å²) in [4.78, 5) is 2.16. The molecule has 2 aromatic carbocycles. The van der Waals surface area contributed by atoms with Gasteiger partial charge in [-0.05, 0) is 66.0 Å². The fourth-order valence-corrected chi connectivity index (χ4v) is 3.38. The SMILES string of the molecule is C=C/C(=C(\C=CN(CC(N)CCC)c1ccccc1)COC)c1ccc(F)c(C)c1. The molecule has 30 heavy (non-hydrogen) atoms. The van der Waals surface area contributed by atoms with Crippen molar-refractivity contribution < 1.29 is 9.13 Å². The summed E-state index contributed by atoms with van der Waals surface area (Å²) in [6.07, 6.45) is 7.88. The van der Waals surface area contributed by atoms with Gasteiger partial charge in [-0.3, -0.25) is 0 Å². The van der Waals surface area contributed by atoms with Gasteiger partial charge >= 0.3 is 0 Å². The zero-order valence-electron chi connectivity index (χ0n) is 18.3. The number of methoxy groups -OCH3 is 1. The third-order valence-corrected chi connectivity index (χ3v) is 4.95. The maximum absolute atomic E-state index is 13.7. The van der Waals surface area contributed by atoms with Crippen LogP contribution in [0.15, 0.2) is 79.0 Å². The fourth-order valence-electron chi connectivity index (χ4n) is 3.38. The maximum Gasteiger partial charge on any atom is 0.126 e. The number of nitrogens with zero attached hydrogens (tertiary/aromatic N) is 1. The summed E-state index contributed by atoms with van der Waals surface area (Å²) >= 11 is 0. The minimum Gasteiger partial charge on any atom is -0.380 e. The number of anilines is 1. The molecule has 3 nitrogen and oxygen atoms in total. The third-order valence-electron chi connectivity index (χ3n) is 4.95. The topological polar surface area (TPSA) is 38.5 Å². The Morgan fingerprint density at radius 3 is 2.57 bits per heavy atom. The molecule has 0 saturated carbocycles. The molecule has 0 saturated heterocycles. The summed E-state index contributed by atoms with van der Waals surface area (Å²) in [5.74, 6) is -0.217. The molecule has 2 aromatic rings. The van der Waals surface area contributed by atoms with Crippen LogP contribution in [0.5, 0.6) is 0 Å². The van der Waals surface area contributed by atoms with Crippen molar-refractivity contribution in [2.75, 3.05) is 25.2 Å². The van der Waals surface area contributed by atoms with Gasteiger partial charge in [-0.2, -0.15) is 0 Å². The van der Waals surface area contributed by atoms with Gasteiger partial charge in [-0.25, -0.2) is 4.39 Å². The molecule has 2 N–H and O–H groups in total. The van der Waals surface area contributed by atoms with E-state index in [0.717, 1.165) is 35.2 Å². The second kappa shape index (κ2) is 12.1. The van der Waals surface area contributed by atoms with Crippen LogP contribution in [0.4, 0.5) is 10.1 Å². The molecule has 0 radical (unpaired) electrons. The van der Waals surface area contributed by atoms with E-state index in [-0.39, 0.29) is 11.9 Å². The lowest BCUT2D eigenvalue weighted by Gasteiger charge is -2.24. The van der Waals surface area contributed by atoms with Crippen molar-refractivity contribution in [3.8, 4) is 0 Å². The molecular formula is C26H33FN2O. The lowest BCUT2D eigenvalue weighted by atomic mass is 9.98. The number of halogens is 1. The van der Waals surface area contributed by atoms with Crippen LogP contribution in [0.25, 0.3) is 5.57 Å². The number of hydrogen-bond acceptors (Lipinski definition) is 3. The molecule has 0 spiro atoms. The van der Waals surface area contributed by atoms with E-state index in [0.29, 0.717) is 18.7 Å². The minimum atomic E-state index is -0.217. The van der Waals surface area contributed by atoms with Crippen molar-refractivity contribution in [1.82, 2.24) is 0 Å². The Hall–Kier alpha value is -2.69. The number of aryl methyl sites for hydroxylation is 1. The number of rotatable bonds is 11. The first-order chi connectivity index (χ1) is 14.5. The van der Waals surface area contributed by atoms with Crippen LogP contribution < -0.4 is 10.6 Å². The Morgan fingerprint density at radius 2 is 1.97 bits per heavy atom. The standard InChI is InChI=1S/C26H33FN2O/c1-5-10-23(28)18-29(24-11-8-7-9-12-24)16-15-22(19-30-4)25(6-2)21-13-14-26(27)20(3)17-21/h6-9,11-17,23H,2,5,10,18-19,28H2,1,3-4H3/b16-15?,25-22-. The average molecular weight is 409 g/mol. The van der Waals surface area contributed by atoms with Crippen molar-refractivity contribution in [2.45, 2.75) is 32.7 Å². The van der Waals surface area contributed by atoms with Crippen LogP contribution in [-0.2, 0) is 4.74 Å². The quantitative estimate of drug-likeness (QED) is 0.473. The molecule has 0 heterocycles. The third kappa shape index (κ3) is 6.68. The van der Waals surface area contributed by atoms with Gasteiger partial charge in [0, 0.05) is 31.6 Å². The number of benzene rings is 2. The van der Waals surface area contributed by atoms with Crippen LogP contribution in [0.3, 0.4) is 0 Å². The van der Waals surface area contributed by atoms with Crippen molar-refractivity contribution in [3.63, 3.8) is 0 Å². The van der Waals surface area contributed by atoms with Crippen LogP contribution >= 0.6 is 0 Å². The van der Waals surface area contributed by atoms with Crippen LogP contribution in [0, 0.1) is 12.7 Å². The number of nitrogens with two attached hydrogens (primary N) is 1. The number of allylic oxidation sites excluding steroid dienone is 2. The summed E-state index contributed by atoms with van der Waals surface area (Å²) in [5, 5.41) is 0. The predicted octanol–water partition coefficient (Wildman–Crippen LogP) is 5.87.